The monoisotopic (exact) mass is 488 g/mol. The van der Waals surface area contributed by atoms with Gasteiger partial charge in [-0.3, -0.25) is 0 Å². The molecule has 2 nitrogen and oxygen atoms in total. The fourth-order valence-electron chi connectivity index (χ4n) is 4.41. The number of hydrogen-bond donors (Lipinski definition) is 1. The molecule has 0 radical (unpaired) electrons. The van der Waals surface area contributed by atoms with Crippen molar-refractivity contribution in [3.8, 4) is 11.1 Å². The average molecular weight is 487 g/mol. The normalized spacial score (nSPS) is 11.5. The second kappa shape index (κ2) is 11.6. The summed E-state index contributed by atoms with van der Waals surface area (Å²) in [7, 11) is 0. The number of carbonyl (C=O) groups is 1. The van der Waals surface area contributed by atoms with Crippen LogP contribution in [0.2, 0.25) is 13.3 Å². The van der Waals surface area contributed by atoms with Crippen molar-refractivity contribution in [1.29, 1.82) is 0 Å². The van der Waals surface area contributed by atoms with E-state index in [1.807, 2.05) is 36.4 Å². The van der Waals surface area contributed by atoms with E-state index in [9.17, 15) is 9.90 Å². The molecule has 0 atom stereocenters. The Labute approximate surface area is 175 Å². The van der Waals surface area contributed by atoms with E-state index >= 15 is 0 Å². The summed E-state index contributed by atoms with van der Waals surface area (Å²) < 4.78 is 5.11. The minimum absolute atomic E-state index is 0.604. The Bertz CT molecular complexity index is 718. The molecule has 0 unspecified atom stereocenters. The van der Waals surface area contributed by atoms with Gasteiger partial charge in [0.1, 0.15) is 0 Å². The van der Waals surface area contributed by atoms with Crippen LogP contribution < -0.4 is 3.58 Å². The predicted molar refractivity (Wildman–Crippen MR) is 123 cm³/mol. The zero-order valence-corrected chi connectivity index (χ0v) is 20.7. The molecule has 0 spiro atoms. The number of aromatic carboxylic acids is 1. The van der Waals surface area contributed by atoms with Crippen LogP contribution in [0, 0.1) is 0 Å². The van der Waals surface area contributed by atoms with E-state index in [4.69, 9.17) is 0 Å². The van der Waals surface area contributed by atoms with Crippen molar-refractivity contribution in [2.75, 3.05) is 0 Å². The summed E-state index contributed by atoms with van der Waals surface area (Å²) in [4.78, 5) is 12.5. The Morgan fingerprint density at radius 3 is 1.79 bits per heavy atom. The summed E-state index contributed by atoms with van der Waals surface area (Å²) in [5.41, 5.74) is 2.52. The Balaban J connectivity index is 2.67. The standard InChI is InChI=1S/C13H9O2.3C4H9.Sn/c14-13(15)12-9-5-4-8-11(12)10-6-2-1-3-7-10;3*1-3-4-2;/h1-8H,(H,14,15);3*1,3-4H2,2H3;. The van der Waals surface area contributed by atoms with E-state index in [0.717, 1.165) is 11.1 Å². The molecule has 0 fully saturated rings. The quantitative estimate of drug-likeness (QED) is 0.324. The molecule has 0 aliphatic rings. The van der Waals surface area contributed by atoms with Crippen LogP contribution in [0.1, 0.15) is 69.7 Å². The van der Waals surface area contributed by atoms with Gasteiger partial charge in [-0.1, -0.05) is 0 Å². The van der Waals surface area contributed by atoms with E-state index in [1.165, 1.54) is 55.4 Å². The first-order valence-electron chi connectivity index (χ1n) is 11.0. The van der Waals surface area contributed by atoms with Crippen molar-refractivity contribution in [1.82, 2.24) is 0 Å². The summed E-state index contributed by atoms with van der Waals surface area (Å²) in [6, 6.07) is 16.3. The molecule has 1 N–H and O–H groups in total. The molecular weight excluding hydrogens is 451 g/mol. The van der Waals surface area contributed by atoms with E-state index in [-0.39, 0.29) is 0 Å². The second-order valence-electron chi connectivity index (χ2n) is 7.99. The van der Waals surface area contributed by atoms with Crippen molar-refractivity contribution in [2.24, 2.45) is 0 Å². The van der Waals surface area contributed by atoms with Crippen LogP contribution in [0.15, 0.2) is 48.5 Å². The van der Waals surface area contributed by atoms with Crippen molar-refractivity contribution in [3.05, 3.63) is 54.1 Å². The molecule has 0 saturated carbocycles. The first kappa shape index (κ1) is 23.0. The van der Waals surface area contributed by atoms with Crippen LogP contribution in [-0.2, 0) is 0 Å². The summed E-state index contributed by atoms with van der Waals surface area (Å²) in [6.45, 7) is 6.78. The van der Waals surface area contributed by atoms with E-state index < -0.39 is 24.3 Å². The molecule has 0 aliphatic carbocycles. The van der Waals surface area contributed by atoms with Crippen LogP contribution in [0.4, 0.5) is 0 Å². The predicted octanol–water partition coefficient (Wildman–Crippen LogP) is 7.11. The topological polar surface area (TPSA) is 37.3 Å². The molecule has 3 heteroatoms. The number of hydrogen-bond acceptors (Lipinski definition) is 1. The van der Waals surface area contributed by atoms with Gasteiger partial charge in [0.25, 0.3) is 0 Å². The summed E-state index contributed by atoms with van der Waals surface area (Å²) in [5, 5.41) is 10.3. The molecule has 0 bridgehead atoms. The van der Waals surface area contributed by atoms with Crippen LogP contribution in [0.5, 0.6) is 0 Å². The average Bonchev–Trinajstić information content (AvgIpc) is 2.73. The molecule has 2 aromatic carbocycles. The maximum absolute atomic E-state index is 12.5. The van der Waals surface area contributed by atoms with E-state index in [0.29, 0.717) is 5.56 Å². The molecule has 0 amide bonds. The number of carboxylic acid groups (broad SMARTS) is 1. The zero-order chi connectivity index (χ0) is 20.4. The summed E-state index contributed by atoms with van der Waals surface area (Å²) in [5.74, 6) is -0.750. The fraction of sp³-hybridized carbons (Fsp3) is 0.480. The molecule has 28 heavy (non-hydrogen) atoms. The molecular formula is C25H36O2Sn. The van der Waals surface area contributed by atoms with Gasteiger partial charge < -0.3 is 0 Å². The van der Waals surface area contributed by atoms with Crippen molar-refractivity contribution in [3.63, 3.8) is 0 Å². The molecule has 0 heterocycles. The van der Waals surface area contributed by atoms with Gasteiger partial charge in [-0.05, 0) is 0 Å². The number of rotatable bonds is 12. The minimum atomic E-state index is -2.83. The van der Waals surface area contributed by atoms with E-state index in [2.05, 4.69) is 32.9 Å². The fourth-order valence-corrected chi connectivity index (χ4v) is 21.2. The molecule has 2 aromatic rings. The molecule has 0 saturated heterocycles. The molecule has 152 valence electrons. The van der Waals surface area contributed by atoms with Gasteiger partial charge in [-0.15, -0.1) is 0 Å². The maximum atomic E-state index is 12.5. The Morgan fingerprint density at radius 1 is 0.786 bits per heavy atom. The van der Waals surface area contributed by atoms with Crippen molar-refractivity contribution >= 4 is 27.9 Å². The van der Waals surface area contributed by atoms with Crippen LogP contribution >= 0.6 is 0 Å². The van der Waals surface area contributed by atoms with Gasteiger partial charge in [-0.25, -0.2) is 0 Å². The first-order chi connectivity index (χ1) is 13.6. The van der Waals surface area contributed by atoms with Crippen LogP contribution in [0.25, 0.3) is 11.1 Å². The van der Waals surface area contributed by atoms with Gasteiger partial charge in [0.2, 0.25) is 0 Å². The first-order valence-corrected chi connectivity index (χ1v) is 18.5. The SMILES string of the molecule is CCC[CH2][Sn]([CH2]CCC)([CH2]CCC)[c]1cccc(-c2ccccc2)c1C(=O)O. The van der Waals surface area contributed by atoms with Gasteiger partial charge in [0, 0.05) is 0 Å². The third-order valence-corrected chi connectivity index (χ3v) is 21.6. The van der Waals surface area contributed by atoms with Gasteiger partial charge in [0.15, 0.2) is 0 Å². The molecule has 0 aromatic heterocycles. The second-order valence-corrected chi connectivity index (χ2v) is 21.1. The third kappa shape index (κ3) is 5.62. The van der Waals surface area contributed by atoms with Crippen LogP contribution in [0.3, 0.4) is 0 Å². The Hall–Kier alpha value is -1.29. The number of benzene rings is 2. The van der Waals surface area contributed by atoms with Gasteiger partial charge in [0.05, 0.1) is 0 Å². The van der Waals surface area contributed by atoms with Crippen molar-refractivity contribution in [2.45, 2.75) is 72.6 Å². The van der Waals surface area contributed by atoms with Crippen LogP contribution in [-0.4, -0.2) is 29.5 Å². The molecule has 2 rings (SSSR count). The van der Waals surface area contributed by atoms with Gasteiger partial charge in [-0.2, -0.15) is 0 Å². The molecule has 0 aliphatic heterocycles. The number of unbranched alkanes of at least 4 members (excludes halogenated alkanes) is 3. The van der Waals surface area contributed by atoms with E-state index in [1.54, 1.807) is 0 Å². The summed E-state index contributed by atoms with van der Waals surface area (Å²) >= 11 is -2.83. The summed E-state index contributed by atoms with van der Waals surface area (Å²) in [6.07, 6.45) is 7.28. The van der Waals surface area contributed by atoms with Crippen molar-refractivity contribution < 1.29 is 9.90 Å². The Kier molecular flexibility index (Phi) is 9.56. The third-order valence-electron chi connectivity index (χ3n) is 5.96. The number of carboxylic acids is 1. The Morgan fingerprint density at radius 2 is 1.32 bits per heavy atom. The zero-order valence-electron chi connectivity index (χ0n) is 17.8. The van der Waals surface area contributed by atoms with Gasteiger partial charge >= 0.3 is 176 Å².